The Hall–Kier alpha value is -1.84. The van der Waals surface area contributed by atoms with Crippen LogP contribution in [-0.4, -0.2) is 36.8 Å². The first kappa shape index (κ1) is 13.6. The SMILES string of the molecule is CCOc1cccc(C2C(=O)CCCN(C)C2=O)c1. The molecule has 1 aromatic carbocycles. The first-order valence-electron chi connectivity index (χ1n) is 6.64. The van der Waals surface area contributed by atoms with Gasteiger partial charge in [-0.15, -0.1) is 0 Å². The number of carbonyl (C=O) groups is 2. The zero-order valence-corrected chi connectivity index (χ0v) is 11.4. The molecule has 0 spiro atoms. The van der Waals surface area contributed by atoms with Gasteiger partial charge in [-0.05, 0) is 31.0 Å². The Balaban J connectivity index is 2.33. The van der Waals surface area contributed by atoms with Crippen LogP contribution in [0.5, 0.6) is 5.75 Å². The highest BCUT2D eigenvalue weighted by molar-refractivity contribution is 6.07. The third kappa shape index (κ3) is 2.95. The van der Waals surface area contributed by atoms with Crippen molar-refractivity contribution >= 4 is 11.7 Å². The molecule has 19 heavy (non-hydrogen) atoms. The van der Waals surface area contributed by atoms with Crippen molar-refractivity contribution in [2.45, 2.75) is 25.7 Å². The maximum atomic E-state index is 12.3. The summed E-state index contributed by atoms with van der Waals surface area (Å²) in [5.74, 6) is -0.0837. The molecule has 1 aliphatic rings. The lowest BCUT2D eigenvalue weighted by atomic mass is 9.92. The molecule has 1 aromatic rings. The average Bonchev–Trinajstić information content (AvgIpc) is 2.51. The number of nitrogens with zero attached hydrogens (tertiary/aromatic N) is 1. The lowest BCUT2D eigenvalue weighted by Crippen LogP contribution is -2.32. The number of amides is 1. The molecule has 1 unspecified atom stereocenters. The minimum atomic E-state index is -0.673. The van der Waals surface area contributed by atoms with E-state index >= 15 is 0 Å². The third-order valence-electron chi connectivity index (χ3n) is 3.36. The van der Waals surface area contributed by atoms with Crippen LogP contribution < -0.4 is 4.74 Å². The van der Waals surface area contributed by atoms with Gasteiger partial charge in [0.25, 0.3) is 0 Å². The van der Waals surface area contributed by atoms with Crippen molar-refractivity contribution in [3.8, 4) is 5.75 Å². The Morgan fingerprint density at radius 2 is 2.16 bits per heavy atom. The van der Waals surface area contributed by atoms with Crippen LogP contribution in [-0.2, 0) is 9.59 Å². The van der Waals surface area contributed by atoms with Gasteiger partial charge in [0, 0.05) is 20.0 Å². The smallest absolute Gasteiger partial charge is 0.237 e. The van der Waals surface area contributed by atoms with E-state index in [0.29, 0.717) is 25.3 Å². The molecule has 102 valence electrons. The maximum absolute atomic E-state index is 12.3. The van der Waals surface area contributed by atoms with Crippen molar-refractivity contribution < 1.29 is 14.3 Å². The van der Waals surface area contributed by atoms with Gasteiger partial charge in [-0.25, -0.2) is 0 Å². The number of ketones is 1. The molecule has 1 fully saturated rings. The number of carbonyl (C=O) groups excluding carboxylic acids is 2. The van der Waals surface area contributed by atoms with Gasteiger partial charge in [0.2, 0.25) is 5.91 Å². The van der Waals surface area contributed by atoms with Crippen molar-refractivity contribution in [2.24, 2.45) is 0 Å². The Morgan fingerprint density at radius 1 is 1.37 bits per heavy atom. The molecule has 0 radical (unpaired) electrons. The van der Waals surface area contributed by atoms with Crippen LogP contribution in [0.4, 0.5) is 0 Å². The minimum absolute atomic E-state index is 0.00278. The Kier molecular flexibility index (Phi) is 4.20. The van der Waals surface area contributed by atoms with Gasteiger partial charge in [0.05, 0.1) is 6.61 Å². The van der Waals surface area contributed by atoms with Gasteiger partial charge in [0.1, 0.15) is 17.5 Å². The molecule has 0 saturated carbocycles. The van der Waals surface area contributed by atoms with E-state index in [1.807, 2.05) is 25.1 Å². The summed E-state index contributed by atoms with van der Waals surface area (Å²) in [6.07, 6.45) is 1.20. The molecular formula is C15H19NO3. The highest BCUT2D eigenvalue weighted by atomic mass is 16.5. The van der Waals surface area contributed by atoms with Crippen molar-refractivity contribution in [3.05, 3.63) is 29.8 Å². The molecule has 1 aliphatic heterocycles. The number of likely N-dealkylation sites (N-methyl/N-ethyl adjacent to an activating group) is 1. The second-order valence-corrected chi connectivity index (χ2v) is 4.77. The van der Waals surface area contributed by atoms with Crippen LogP contribution in [0.2, 0.25) is 0 Å². The molecule has 0 bridgehead atoms. The van der Waals surface area contributed by atoms with Gasteiger partial charge in [-0.3, -0.25) is 9.59 Å². The summed E-state index contributed by atoms with van der Waals surface area (Å²) in [5.41, 5.74) is 0.731. The first-order chi connectivity index (χ1) is 9.13. The van der Waals surface area contributed by atoms with E-state index in [1.165, 1.54) is 0 Å². The Labute approximate surface area is 113 Å². The van der Waals surface area contributed by atoms with E-state index in [-0.39, 0.29) is 11.7 Å². The second-order valence-electron chi connectivity index (χ2n) is 4.77. The number of hydrogen-bond donors (Lipinski definition) is 0. The highest BCUT2D eigenvalue weighted by Gasteiger charge is 2.32. The van der Waals surface area contributed by atoms with Crippen molar-refractivity contribution in [1.82, 2.24) is 4.90 Å². The lowest BCUT2D eigenvalue weighted by molar-refractivity contribution is -0.135. The summed E-state index contributed by atoms with van der Waals surface area (Å²) in [5, 5.41) is 0. The number of hydrogen-bond acceptors (Lipinski definition) is 3. The lowest BCUT2D eigenvalue weighted by Gasteiger charge is -2.19. The fourth-order valence-electron chi connectivity index (χ4n) is 2.38. The number of ether oxygens (including phenoxy) is 1. The summed E-state index contributed by atoms with van der Waals surface area (Å²) in [6, 6.07) is 7.28. The summed E-state index contributed by atoms with van der Waals surface area (Å²) in [6.45, 7) is 3.12. The van der Waals surface area contributed by atoms with E-state index in [1.54, 1.807) is 18.0 Å². The monoisotopic (exact) mass is 261 g/mol. The van der Waals surface area contributed by atoms with E-state index in [0.717, 1.165) is 12.0 Å². The summed E-state index contributed by atoms with van der Waals surface area (Å²) < 4.78 is 5.43. The molecule has 4 heteroatoms. The van der Waals surface area contributed by atoms with Gasteiger partial charge < -0.3 is 9.64 Å². The van der Waals surface area contributed by atoms with Crippen LogP contribution in [0.3, 0.4) is 0 Å². The van der Waals surface area contributed by atoms with Gasteiger partial charge >= 0.3 is 0 Å². The van der Waals surface area contributed by atoms with Crippen molar-refractivity contribution in [3.63, 3.8) is 0 Å². The minimum Gasteiger partial charge on any atom is -0.494 e. The van der Waals surface area contributed by atoms with E-state index in [2.05, 4.69) is 0 Å². The fourth-order valence-corrected chi connectivity index (χ4v) is 2.38. The Morgan fingerprint density at radius 3 is 2.89 bits per heavy atom. The van der Waals surface area contributed by atoms with Crippen LogP contribution in [0, 0.1) is 0 Å². The highest BCUT2D eigenvalue weighted by Crippen LogP contribution is 2.27. The van der Waals surface area contributed by atoms with Gasteiger partial charge in [-0.1, -0.05) is 12.1 Å². The normalized spacial score (nSPS) is 20.3. The number of Topliss-reactive ketones (excluding diaryl/α,β-unsaturated/α-hetero) is 1. The summed E-state index contributed by atoms with van der Waals surface area (Å²) in [4.78, 5) is 26.1. The Bertz CT molecular complexity index is 484. The van der Waals surface area contributed by atoms with Crippen molar-refractivity contribution in [2.75, 3.05) is 20.2 Å². The molecule has 0 N–H and O–H groups in total. The second kappa shape index (κ2) is 5.87. The standard InChI is InChI=1S/C15H19NO3/c1-3-19-12-7-4-6-11(10-12)14-13(17)8-5-9-16(2)15(14)18/h4,6-7,10,14H,3,5,8-9H2,1-2H3. The quantitative estimate of drug-likeness (QED) is 0.782. The molecule has 0 aromatic heterocycles. The number of benzene rings is 1. The van der Waals surface area contributed by atoms with Crippen LogP contribution >= 0.6 is 0 Å². The molecular weight excluding hydrogens is 242 g/mol. The predicted octanol–water partition coefficient (Wildman–Crippen LogP) is 1.99. The van der Waals surface area contributed by atoms with Crippen LogP contribution in [0.1, 0.15) is 31.2 Å². The van der Waals surface area contributed by atoms with Crippen LogP contribution in [0.25, 0.3) is 0 Å². The number of likely N-dealkylation sites (tertiary alicyclic amines) is 1. The first-order valence-corrected chi connectivity index (χ1v) is 6.64. The molecule has 2 rings (SSSR count). The average molecular weight is 261 g/mol. The van der Waals surface area contributed by atoms with Gasteiger partial charge in [-0.2, -0.15) is 0 Å². The summed E-state index contributed by atoms with van der Waals surface area (Å²) >= 11 is 0. The third-order valence-corrected chi connectivity index (χ3v) is 3.36. The van der Waals surface area contributed by atoms with E-state index < -0.39 is 5.92 Å². The maximum Gasteiger partial charge on any atom is 0.237 e. The molecule has 1 amide bonds. The van der Waals surface area contributed by atoms with Crippen LogP contribution in [0.15, 0.2) is 24.3 Å². The fraction of sp³-hybridized carbons (Fsp3) is 0.467. The van der Waals surface area contributed by atoms with E-state index in [9.17, 15) is 9.59 Å². The predicted molar refractivity (Wildman–Crippen MR) is 72.2 cm³/mol. The largest absolute Gasteiger partial charge is 0.494 e. The van der Waals surface area contributed by atoms with Gasteiger partial charge in [0.15, 0.2) is 0 Å². The molecule has 4 nitrogen and oxygen atoms in total. The van der Waals surface area contributed by atoms with E-state index in [4.69, 9.17) is 4.74 Å². The molecule has 1 atom stereocenters. The molecule has 1 saturated heterocycles. The zero-order chi connectivity index (χ0) is 13.8. The topological polar surface area (TPSA) is 46.6 Å². The zero-order valence-electron chi connectivity index (χ0n) is 11.4. The number of rotatable bonds is 3. The van der Waals surface area contributed by atoms with Crippen molar-refractivity contribution in [1.29, 1.82) is 0 Å². The molecule has 1 heterocycles. The summed E-state index contributed by atoms with van der Waals surface area (Å²) in [7, 11) is 1.75. The molecule has 0 aliphatic carbocycles.